The van der Waals surface area contributed by atoms with Crippen LogP contribution >= 0.6 is 0 Å². The lowest BCUT2D eigenvalue weighted by atomic mass is 9.73. The quantitative estimate of drug-likeness (QED) is 0.579. The van der Waals surface area contributed by atoms with Crippen LogP contribution in [-0.4, -0.2) is 48.7 Å². The average molecular weight is 497 g/mol. The van der Waals surface area contributed by atoms with Crippen LogP contribution in [0.3, 0.4) is 0 Å². The topological polar surface area (TPSA) is 96.7 Å². The molecule has 194 valence electrons. The third-order valence-corrected chi connectivity index (χ3v) is 7.99. The Bertz CT molecular complexity index is 948. The highest BCUT2D eigenvalue weighted by molar-refractivity contribution is 5.84. The van der Waals surface area contributed by atoms with Crippen molar-refractivity contribution in [2.45, 2.75) is 76.8 Å². The van der Waals surface area contributed by atoms with Crippen LogP contribution in [0.2, 0.25) is 0 Å². The predicted octanol–water partition coefficient (Wildman–Crippen LogP) is 3.72. The molecule has 2 aliphatic heterocycles. The number of carbonyl (C=O) groups is 2. The Morgan fingerprint density at radius 3 is 2.51 bits per heavy atom. The molecule has 1 aliphatic carbocycles. The third-order valence-electron chi connectivity index (χ3n) is 7.99. The molecule has 0 aromatic heterocycles. The third kappa shape index (κ3) is 5.43. The van der Waals surface area contributed by atoms with E-state index in [9.17, 15) is 22.8 Å². The van der Waals surface area contributed by atoms with Gasteiger partial charge in [0, 0.05) is 38.4 Å². The van der Waals surface area contributed by atoms with E-state index in [4.69, 9.17) is 10.5 Å². The summed E-state index contributed by atoms with van der Waals surface area (Å²) in [5.74, 6) is -0.00921. The monoisotopic (exact) mass is 496 g/mol. The van der Waals surface area contributed by atoms with Crippen LogP contribution in [0, 0.1) is 11.3 Å². The smallest absolute Gasteiger partial charge is 0.381 e. The molecule has 2 fully saturated rings. The summed E-state index contributed by atoms with van der Waals surface area (Å²) in [5.41, 5.74) is 4.91. The maximum atomic E-state index is 14.0. The molecule has 1 aromatic rings. The predicted molar refractivity (Wildman–Crippen MR) is 124 cm³/mol. The molecular formula is C25H35F3N4O3. The second-order valence-electron chi connectivity index (χ2n) is 10.5. The van der Waals surface area contributed by atoms with E-state index in [2.05, 4.69) is 10.6 Å². The number of halogens is 3. The van der Waals surface area contributed by atoms with Crippen LogP contribution < -0.4 is 16.4 Å². The first-order chi connectivity index (χ1) is 16.5. The molecule has 0 spiro atoms. The number of primary amides is 1. The average Bonchev–Trinajstić information content (AvgIpc) is 3.23. The Labute approximate surface area is 203 Å². The highest BCUT2D eigenvalue weighted by Crippen LogP contribution is 2.47. The van der Waals surface area contributed by atoms with Gasteiger partial charge in [-0.1, -0.05) is 19.9 Å². The molecule has 3 amide bonds. The molecular weight excluding hydrogens is 461 g/mol. The lowest BCUT2D eigenvalue weighted by Crippen LogP contribution is -2.52. The van der Waals surface area contributed by atoms with E-state index in [1.165, 1.54) is 6.07 Å². The minimum atomic E-state index is -4.50. The molecule has 4 rings (SSSR count). The lowest BCUT2D eigenvalue weighted by Gasteiger charge is -2.42. The van der Waals surface area contributed by atoms with Crippen molar-refractivity contribution in [1.29, 1.82) is 0 Å². The van der Waals surface area contributed by atoms with Crippen molar-refractivity contribution in [3.05, 3.63) is 34.9 Å². The van der Waals surface area contributed by atoms with E-state index in [1.807, 2.05) is 13.8 Å². The summed E-state index contributed by atoms with van der Waals surface area (Å²) >= 11 is 0. The zero-order valence-electron chi connectivity index (χ0n) is 20.3. The minimum absolute atomic E-state index is 0.0574. The summed E-state index contributed by atoms with van der Waals surface area (Å²) in [6.07, 6.45) is -0.340. The second kappa shape index (κ2) is 9.97. The normalized spacial score (nSPS) is 27.7. The van der Waals surface area contributed by atoms with Crippen molar-refractivity contribution < 1.29 is 27.5 Å². The van der Waals surface area contributed by atoms with Crippen molar-refractivity contribution >= 4 is 11.9 Å². The van der Waals surface area contributed by atoms with Gasteiger partial charge < -0.3 is 26.0 Å². The van der Waals surface area contributed by atoms with Gasteiger partial charge in [0.25, 0.3) is 0 Å². The van der Waals surface area contributed by atoms with E-state index in [-0.39, 0.29) is 31.0 Å². The Morgan fingerprint density at radius 2 is 1.89 bits per heavy atom. The summed E-state index contributed by atoms with van der Waals surface area (Å²) in [4.78, 5) is 27.3. The van der Waals surface area contributed by atoms with Gasteiger partial charge in [-0.3, -0.25) is 4.79 Å². The number of alkyl halides is 3. The van der Waals surface area contributed by atoms with Gasteiger partial charge >= 0.3 is 12.2 Å². The molecule has 3 aliphatic rings. The first-order valence-corrected chi connectivity index (χ1v) is 12.4. The van der Waals surface area contributed by atoms with Crippen LogP contribution in [0.1, 0.15) is 68.7 Å². The van der Waals surface area contributed by atoms with Crippen LogP contribution in [0.15, 0.2) is 18.2 Å². The van der Waals surface area contributed by atoms with E-state index in [0.717, 1.165) is 44.6 Å². The van der Waals surface area contributed by atoms with Crippen molar-refractivity contribution in [3.63, 3.8) is 0 Å². The van der Waals surface area contributed by atoms with E-state index in [1.54, 1.807) is 4.90 Å². The Kier molecular flexibility index (Phi) is 7.33. The van der Waals surface area contributed by atoms with Gasteiger partial charge in [-0.2, -0.15) is 13.2 Å². The van der Waals surface area contributed by atoms with Gasteiger partial charge in [-0.15, -0.1) is 0 Å². The molecule has 1 saturated carbocycles. The van der Waals surface area contributed by atoms with Gasteiger partial charge in [0.05, 0.1) is 17.0 Å². The number of rotatable bonds is 5. The Hall–Kier alpha value is -2.33. The number of nitrogens with one attached hydrogen (secondary N) is 2. The highest BCUT2D eigenvalue weighted by Gasteiger charge is 2.50. The molecule has 4 N–H and O–H groups in total. The van der Waals surface area contributed by atoms with Crippen molar-refractivity contribution in [1.82, 2.24) is 15.5 Å². The zero-order chi connectivity index (χ0) is 25.4. The Balaban J connectivity index is 1.57. The van der Waals surface area contributed by atoms with E-state index in [0.29, 0.717) is 30.0 Å². The number of carbonyl (C=O) groups excluding carboxylic acids is 2. The van der Waals surface area contributed by atoms with Crippen molar-refractivity contribution in [2.24, 2.45) is 17.1 Å². The van der Waals surface area contributed by atoms with Gasteiger partial charge in [-0.25, -0.2) is 4.79 Å². The standard InChI is InChI=1S/C25H35F3N4O3/c1-15(2)24(8-5-19(12-24)30-18-6-9-35-10-7-18)22(33)32-13-16-11-17(25(26,27)28)3-4-20(16)21(14-32)31-23(29)34/h3-4,11,15,18-19,21,30H,5-10,12-14H2,1-2H3,(H3,29,31,34)/t19-,21?,24+/m1/s1. The van der Waals surface area contributed by atoms with Crippen LogP contribution in [0.25, 0.3) is 0 Å². The molecule has 7 nitrogen and oxygen atoms in total. The number of benzene rings is 1. The molecule has 0 bridgehead atoms. The first-order valence-electron chi connectivity index (χ1n) is 12.4. The summed E-state index contributed by atoms with van der Waals surface area (Å²) in [7, 11) is 0. The number of hydrogen-bond donors (Lipinski definition) is 3. The number of ether oxygens (including phenoxy) is 1. The Morgan fingerprint density at radius 1 is 1.17 bits per heavy atom. The first kappa shape index (κ1) is 25.8. The highest BCUT2D eigenvalue weighted by atomic mass is 19.4. The maximum absolute atomic E-state index is 14.0. The molecule has 10 heteroatoms. The molecule has 1 unspecified atom stereocenters. The second-order valence-corrected chi connectivity index (χ2v) is 10.5. The van der Waals surface area contributed by atoms with Crippen molar-refractivity contribution in [2.75, 3.05) is 19.8 Å². The van der Waals surface area contributed by atoms with Gasteiger partial charge in [0.1, 0.15) is 0 Å². The van der Waals surface area contributed by atoms with Gasteiger partial charge in [0.2, 0.25) is 5.91 Å². The van der Waals surface area contributed by atoms with Crippen LogP contribution in [0.5, 0.6) is 0 Å². The number of nitrogens with two attached hydrogens (primary N) is 1. The summed E-state index contributed by atoms with van der Waals surface area (Å²) in [6.45, 7) is 5.79. The van der Waals surface area contributed by atoms with Gasteiger partial charge in [-0.05, 0) is 61.3 Å². The summed E-state index contributed by atoms with van der Waals surface area (Å²) in [5, 5.41) is 6.33. The number of hydrogen-bond acceptors (Lipinski definition) is 4. The van der Waals surface area contributed by atoms with Crippen LogP contribution in [0.4, 0.5) is 18.0 Å². The van der Waals surface area contributed by atoms with Crippen LogP contribution in [-0.2, 0) is 22.3 Å². The molecule has 1 saturated heterocycles. The van der Waals surface area contributed by atoms with E-state index < -0.39 is 29.2 Å². The number of fused-ring (bicyclic) bond motifs is 1. The number of urea groups is 1. The zero-order valence-corrected chi connectivity index (χ0v) is 20.3. The fraction of sp³-hybridized carbons (Fsp3) is 0.680. The number of nitrogens with zero attached hydrogens (tertiary/aromatic N) is 1. The van der Waals surface area contributed by atoms with E-state index >= 15 is 0 Å². The molecule has 1 aromatic carbocycles. The minimum Gasteiger partial charge on any atom is -0.381 e. The summed E-state index contributed by atoms with van der Waals surface area (Å²) < 4.78 is 45.6. The summed E-state index contributed by atoms with van der Waals surface area (Å²) in [6, 6.07) is 2.60. The largest absolute Gasteiger partial charge is 0.416 e. The molecule has 35 heavy (non-hydrogen) atoms. The fourth-order valence-corrected chi connectivity index (χ4v) is 5.99. The fourth-order valence-electron chi connectivity index (χ4n) is 5.99. The van der Waals surface area contributed by atoms with Gasteiger partial charge in [0.15, 0.2) is 0 Å². The molecule has 3 atom stereocenters. The lowest BCUT2D eigenvalue weighted by molar-refractivity contribution is -0.146. The maximum Gasteiger partial charge on any atom is 0.416 e. The SMILES string of the molecule is CC(C)[C@]1(C(=O)N2Cc3cc(C(F)(F)F)ccc3C(NC(N)=O)C2)CC[C@@H](NC2CCOCC2)C1. The molecule has 2 heterocycles. The van der Waals surface area contributed by atoms with Crippen molar-refractivity contribution in [3.8, 4) is 0 Å². The molecule has 0 radical (unpaired) electrons. The number of amides is 3.